The maximum atomic E-state index is 11.1. The number of carbonyl (C=O) groups is 1. The van der Waals surface area contributed by atoms with E-state index in [4.69, 9.17) is 5.84 Å². The van der Waals surface area contributed by atoms with Crippen LogP contribution in [0, 0.1) is 11.8 Å². The molecule has 3 N–H and O–H groups in total. The van der Waals surface area contributed by atoms with E-state index in [0.29, 0.717) is 5.92 Å². The first-order valence-corrected chi connectivity index (χ1v) is 4.19. The first kappa shape index (κ1) is 7.55. The topological polar surface area (TPSA) is 55.1 Å². The molecule has 2 aliphatic rings. The molecule has 2 rings (SSSR count). The smallest absolute Gasteiger partial charge is 0.237 e. The largest absolute Gasteiger partial charge is 0.294 e. The lowest BCUT2D eigenvalue weighted by Crippen LogP contribution is -2.31. The highest BCUT2D eigenvalue weighted by atomic mass is 16.2. The fourth-order valence-corrected chi connectivity index (χ4v) is 1.74. The number of rotatable bonds is 2. The molecule has 0 heterocycles. The highest BCUT2D eigenvalue weighted by Gasteiger charge is 2.44. The molecule has 1 amide bonds. The molecule has 0 aromatic carbocycles. The normalized spacial score (nSPS) is 31.6. The van der Waals surface area contributed by atoms with Gasteiger partial charge < -0.3 is 0 Å². The second kappa shape index (κ2) is 2.75. The van der Waals surface area contributed by atoms with Crippen molar-refractivity contribution < 1.29 is 4.79 Å². The number of carbonyl (C=O) groups excluding carboxylic acids is 1. The molecular weight excluding hydrogens is 152 g/mol. The molecule has 0 saturated heterocycles. The predicted octanol–water partition coefficient (Wildman–Crippen LogP) is 0.499. The molecule has 0 spiro atoms. The molecule has 0 unspecified atom stereocenters. The predicted molar refractivity (Wildman–Crippen MR) is 45.8 cm³/mol. The Morgan fingerprint density at radius 2 is 2.50 bits per heavy atom. The summed E-state index contributed by atoms with van der Waals surface area (Å²) in [6.45, 7) is 0. The number of allylic oxidation sites excluding steroid dienone is 4. The maximum Gasteiger partial charge on any atom is 0.237 e. The van der Waals surface area contributed by atoms with E-state index in [1.54, 1.807) is 0 Å². The first-order chi connectivity index (χ1) is 5.83. The number of amides is 1. The minimum absolute atomic E-state index is 0.0206. The van der Waals surface area contributed by atoms with Crippen molar-refractivity contribution in [2.75, 3.05) is 0 Å². The number of hydrogen-bond acceptors (Lipinski definition) is 2. The van der Waals surface area contributed by atoms with Crippen LogP contribution < -0.4 is 11.3 Å². The molecule has 0 aliphatic heterocycles. The zero-order valence-corrected chi connectivity index (χ0v) is 6.79. The second-order valence-corrected chi connectivity index (χ2v) is 3.33. The van der Waals surface area contributed by atoms with Gasteiger partial charge >= 0.3 is 0 Å². The van der Waals surface area contributed by atoms with Gasteiger partial charge in [0.15, 0.2) is 0 Å². The van der Waals surface area contributed by atoms with Gasteiger partial charge in [0.05, 0.1) is 0 Å². The fraction of sp³-hybridized carbons (Fsp3) is 0.444. The summed E-state index contributed by atoms with van der Waals surface area (Å²) in [7, 11) is 0. The standard InChI is InChI=1S/C9H12N2O/c10-11-9(12)8-5-7(8)6-3-1-2-4-6/h1-3,7-8H,4-5,10H2,(H,11,12)/t7-,8-/m1/s1. The summed E-state index contributed by atoms with van der Waals surface area (Å²) in [6, 6.07) is 0. The molecule has 0 aromatic rings. The van der Waals surface area contributed by atoms with Crippen molar-refractivity contribution in [3.8, 4) is 0 Å². The molecular formula is C9H12N2O. The SMILES string of the molecule is NNC(=O)[C@@H]1C[C@@H]1C1=CC=CC1. The number of hydrazine groups is 1. The molecule has 1 saturated carbocycles. The van der Waals surface area contributed by atoms with Crippen molar-refractivity contribution in [1.82, 2.24) is 5.43 Å². The molecule has 64 valence electrons. The lowest BCUT2D eigenvalue weighted by molar-refractivity contribution is -0.122. The van der Waals surface area contributed by atoms with Crippen LogP contribution in [0.3, 0.4) is 0 Å². The Kier molecular flexibility index (Phi) is 1.73. The number of hydrogen-bond donors (Lipinski definition) is 2. The molecule has 0 aromatic heterocycles. The van der Waals surface area contributed by atoms with Gasteiger partial charge in [-0.2, -0.15) is 0 Å². The van der Waals surface area contributed by atoms with E-state index in [2.05, 4.69) is 17.6 Å². The van der Waals surface area contributed by atoms with Gasteiger partial charge in [-0.05, 0) is 18.8 Å². The van der Waals surface area contributed by atoms with E-state index in [9.17, 15) is 4.79 Å². The van der Waals surface area contributed by atoms with Crippen molar-refractivity contribution in [2.24, 2.45) is 17.7 Å². The Morgan fingerprint density at radius 3 is 3.08 bits per heavy atom. The molecule has 12 heavy (non-hydrogen) atoms. The van der Waals surface area contributed by atoms with E-state index in [1.807, 2.05) is 6.08 Å². The molecule has 1 fully saturated rings. The highest BCUT2D eigenvalue weighted by molar-refractivity contribution is 5.81. The Labute approximate surface area is 71.3 Å². The van der Waals surface area contributed by atoms with Gasteiger partial charge in [-0.3, -0.25) is 10.2 Å². The van der Waals surface area contributed by atoms with E-state index in [-0.39, 0.29) is 11.8 Å². The molecule has 0 bridgehead atoms. The number of nitrogens with two attached hydrogens (primary N) is 1. The molecule has 0 radical (unpaired) electrons. The third-order valence-electron chi connectivity index (χ3n) is 2.55. The van der Waals surface area contributed by atoms with Crippen LogP contribution in [0.25, 0.3) is 0 Å². The van der Waals surface area contributed by atoms with Crippen LogP contribution in [-0.2, 0) is 4.79 Å². The fourth-order valence-electron chi connectivity index (χ4n) is 1.74. The van der Waals surface area contributed by atoms with Gasteiger partial charge in [0, 0.05) is 5.92 Å². The zero-order valence-electron chi connectivity index (χ0n) is 6.79. The second-order valence-electron chi connectivity index (χ2n) is 3.33. The quantitative estimate of drug-likeness (QED) is 0.355. The summed E-state index contributed by atoms with van der Waals surface area (Å²) in [4.78, 5) is 11.1. The van der Waals surface area contributed by atoms with Crippen molar-refractivity contribution in [3.05, 3.63) is 23.8 Å². The first-order valence-electron chi connectivity index (χ1n) is 4.19. The Morgan fingerprint density at radius 1 is 1.67 bits per heavy atom. The zero-order chi connectivity index (χ0) is 8.55. The Balaban J connectivity index is 1.92. The molecule has 3 nitrogen and oxygen atoms in total. The van der Waals surface area contributed by atoms with E-state index in [1.165, 1.54) is 5.57 Å². The number of nitrogens with one attached hydrogen (secondary N) is 1. The minimum Gasteiger partial charge on any atom is -0.294 e. The van der Waals surface area contributed by atoms with E-state index < -0.39 is 0 Å². The van der Waals surface area contributed by atoms with E-state index >= 15 is 0 Å². The Hall–Kier alpha value is -1.09. The van der Waals surface area contributed by atoms with Gasteiger partial charge in [0.25, 0.3) is 0 Å². The Bertz CT molecular complexity index is 268. The maximum absolute atomic E-state index is 11.1. The summed E-state index contributed by atoms with van der Waals surface area (Å²) >= 11 is 0. The van der Waals surface area contributed by atoms with Gasteiger partial charge in [-0.25, -0.2) is 5.84 Å². The lowest BCUT2D eigenvalue weighted by atomic mass is 10.1. The summed E-state index contributed by atoms with van der Waals surface area (Å²) in [5.74, 6) is 5.62. The summed E-state index contributed by atoms with van der Waals surface area (Å²) in [5, 5.41) is 0. The van der Waals surface area contributed by atoms with Gasteiger partial charge in [0.2, 0.25) is 5.91 Å². The van der Waals surface area contributed by atoms with Crippen molar-refractivity contribution in [1.29, 1.82) is 0 Å². The summed E-state index contributed by atoms with van der Waals surface area (Å²) in [5.41, 5.74) is 3.57. The minimum atomic E-state index is -0.0206. The highest BCUT2D eigenvalue weighted by Crippen LogP contribution is 2.46. The van der Waals surface area contributed by atoms with Crippen molar-refractivity contribution in [2.45, 2.75) is 12.8 Å². The molecule has 2 atom stereocenters. The average molecular weight is 164 g/mol. The summed E-state index contributed by atoms with van der Waals surface area (Å²) < 4.78 is 0. The third kappa shape index (κ3) is 1.16. The summed E-state index contributed by atoms with van der Waals surface area (Å²) in [6.07, 6.45) is 8.25. The van der Waals surface area contributed by atoms with Crippen molar-refractivity contribution in [3.63, 3.8) is 0 Å². The van der Waals surface area contributed by atoms with Crippen LogP contribution in [0.2, 0.25) is 0 Å². The van der Waals surface area contributed by atoms with Crippen LogP contribution in [0.15, 0.2) is 23.8 Å². The van der Waals surface area contributed by atoms with Crippen molar-refractivity contribution >= 4 is 5.91 Å². The average Bonchev–Trinajstić information content (AvgIpc) is 2.71. The lowest BCUT2D eigenvalue weighted by Gasteiger charge is -1.99. The van der Waals surface area contributed by atoms with Crippen LogP contribution in [-0.4, -0.2) is 5.91 Å². The molecule has 2 aliphatic carbocycles. The van der Waals surface area contributed by atoms with Crippen LogP contribution in [0.1, 0.15) is 12.8 Å². The van der Waals surface area contributed by atoms with Crippen LogP contribution in [0.4, 0.5) is 0 Å². The van der Waals surface area contributed by atoms with Gasteiger partial charge in [-0.1, -0.05) is 23.8 Å². The third-order valence-corrected chi connectivity index (χ3v) is 2.55. The van der Waals surface area contributed by atoms with Crippen LogP contribution >= 0.6 is 0 Å². The van der Waals surface area contributed by atoms with Crippen LogP contribution in [0.5, 0.6) is 0 Å². The monoisotopic (exact) mass is 164 g/mol. The van der Waals surface area contributed by atoms with E-state index in [0.717, 1.165) is 12.8 Å². The van der Waals surface area contributed by atoms with Gasteiger partial charge in [0.1, 0.15) is 0 Å². The molecule has 3 heteroatoms. The van der Waals surface area contributed by atoms with Gasteiger partial charge in [-0.15, -0.1) is 0 Å².